The van der Waals surface area contributed by atoms with E-state index in [2.05, 4.69) is 10.6 Å². The molecule has 0 bridgehead atoms. The molecular formula is C26H32F2N3O3. The van der Waals surface area contributed by atoms with Crippen molar-refractivity contribution in [3.8, 4) is 0 Å². The summed E-state index contributed by atoms with van der Waals surface area (Å²) in [5.74, 6) is -1.99. The SMILES string of the molecule is CCCN(CCC)C(=O)c1cccc(C(=O)N[C@H](CN[C@@H](C)[C]=O)Cc2cc(F)cc(F)c2)c1. The second kappa shape index (κ2) is 13.5. The van der Waals surface area contributed by atoms with Crippen LogP contribution in [0.3, 0.4) is 0 Å². The summed E-state index contributed by atoms with van der Waals surface area (Å²) < 4.78 is 27.3. The van der Waals surface area contributed by atoms with Crippen LogP contribution in [0.4, 0.5) is 8.78 Å². The summed E-state index contributed by atoms with van der Waals surface area (Å²) in [7, 11) is 0. The standard InChI is InChI=1S/C26H32F2N3O3/c1-4-9-31(10-5-2)26(34)21-8-6-7-20(14-21)25(33)30-24(16-29-18(3)17-32)13-19-11-22(27)15-23(28)12-19/h6-8,11-12,14-15,18,24,29H,4-5,9-10,13,16H2,1-3H3,(H,30,33)/t18-,24-/m0/s1. The van der Waals surface area contributed by atoms with Gasteiger partial charge < -0.3 is 15.5 Å². The minimum absolute atomic E-state index is 0.137. The monoisotopic (exact) mass is 472 g/mol. The maximum absolute atomic E-state index is 13.6. The average molecular weight is 473 g/mol. The molecule has 0 saturated heterocycles. The summed E-state index contributed by atoms with van der Waals surface area (Å²) in [6.07, 6.45) is 3.60. The van der Waals surface area contributed by atoms with E-state index in [0.29, 0.717) is 29.8 Å². The first kappa shape index (κ1) is 27.1. The Kier molecular flexibility index (Phi) is 10.8. The van der Waals surface area contributed by atoms with E-state index in [-0.39, 0.29) is 18.9 Å². The van der Waals surface area contributed by atoms with Crippen LogP contribution in [0.2, 0.25) is 0 Å². The molecule has 2 aromatic carbocycles. The Morgan fingerprint density at radius 3 is 2.21 bits per heavy atom. The van der Waals surface area contributed by atoms with Gasteiger partial charge in [-0.2, -0.15) is 0 Å². The van der Waals surface area contributed by atoms with Crippen molar-refractivity contribution in [3.63, 3.8) is 0 Å². The van der Waals surface area contributed by atoms with Gasteiger partial charge in [0.2, 0.25) is 6.29 Å². The lowest BCUT2D eigenvalue weighted by molar-refractivity contribution is 0.0755. The molecule has 34 heavy (non-hydrogen) atoms. The number of benzene rings is 2. The third kappa shape index (κ3) is 8.33. The molecule has 8 heteroatoms. The number of rotatable bonds is 13. The van der Waals surface area contributed by atoms with Crippen LogP contribution in [0.25, 0.3) is 0 Å². The van der Waals surface area contributed by atoms with E-state index < -0.39 is 29.6 Å². The van der Waals surface area contributed by atoms with Crippen molar-refractivity contribution in [2.75, 3.05) is 19.6 Å². The van der Waals surface area contributed by atoms with Gasteiger partial charge in [0.1, 0.15) is 11.6 Å². The molecule has 0 aliphatic heterocycles. The third-order valence-electron chi connectivity index (χ3n) is 5.23. The van der Waals surface area contributed by atoms with Crippen LogP contribution in [0.1, 0.15) is 59.9 Å². The van der Waals surface area contributed by atoms with E-state index >= 15 is 0 Å². The summed E-state index contributed by atoms with van der Waals surface area (Å²) in [4.78, 5) is 38.5. The molecule has 183 valence electrons. The number of amides is 2. The van der Waals surface area contributed by atoms with Crippen LogP contribution in [-0.4, -0.2) is 54.7 Å². The van der Waals surface area contributed by atoms with Crippen molar-refractivity contribution in [2.45, 2.75) is 52.1 Å². The summed E-state index contributed by atoms with van der Waals surface area (Å²) in [6, 6.07) is 8.51. The van der Waals surface area contributed by atoms with Crippen molar-refractivity contribution < 1.29 is 23.2 Å². The highest BCUT2D eigenvalue weighted by Gasteiger charge is 2.19. The normalized spacial score (nSPS) is 12.6. The van der Waals surface area contributed by atoms with Crippen LogP contribution < -0.4 is 10.6 Å². The Hall–Kier alpha value is -3.13. The molecule has 0 spiro atoms. The van der Waals surface area contributed by atoms with Gasteiger partial charge in [-0.25, -0.2) is 8.78 Å². The van der Waals surface area contributed by atoms with E-state index in [1.807, 2.05) is 13.8 Å². The minimum atomic E-state index is -0.711. The van der Waals surface area contributed by atoms with E-state index in [4.69, 9.17) is 0 Å². The Balaban J connectivity index is 2.20. The fourth-order valence-corrected chi connectivity index (χ4v) is 3.65. The predicted molar refractivity (Wildman–Crippen MR) is 127 cm³/mol. The largest absolute Gasteiger partial charge is 0.348 e. The smallest absolute Gasteiger partial charge is 0.253 e. The van der Waals surface area contributed by atoms with Gasteiger partial charge in [0, 0.05) is 42.9 Å². The lowest BCUT2D eigenvalue weighted by Gasteiger charge is -2.22. The zero-order chi connectivity index (χ0) is 25.1. The third-order valence-corrected chi connectivity index (χ3v) is 5.23. The van der Waals surface area contributed by atoms with Gasteiger partial charge in [-0.3, -0.25) is 14.4 Å². The van der Waals surface area contributed by atoms with E-state index in [9.17, 15) is 23.2 Å². The van der Waals surface area contributed by atoms with Crippen molar-refractivity contribution in [3.05, 3.63) is 70.8 Å². The molecule has 6 nitrogen and oxygen atoms in total. The summed E-state index contributed by atoms with van der Waals surface area (Å²) in [6.45, 7) is 7.06. The zero-order valence-electron chi connectivity index (χ0n) is 19.9. The van der Waals surface area contributed by atoms with Gasteiger partial charge in [-0.1, -0.05) is 19.9 Å². The van der Waals surface area contributed by atoms with Gasteiger partial charge in [-0.05, 0) is 62.1 Å². The van der Waals surface area contributed by atoms with Crippen LogP contribution in [0.5, 0.6) is 0 Å². The first-order valence-corrected chi connectivity index (χ1v) is 11.5. The Morgan fingerprint density at radius 2 is 1.62 bits per heavy atom. The second-order valence-corrected chi connectivity index (χ2v) is 8.27. The molecule has 2 N–H and O–H groups in total. The maximum atomic E-state index is 13.6. The van der Waals surface area contributed by atoms with Crippen molar-refractivity contribution >= 4 is 18.1 Å². The number of carbonyl (C=O) groups is 2. The van der Waals surface area contributed by atoms with Crippen molar-refractivity contribution in [1.82, 2.24) is 15.5 Å². The Morgan fingerprint density at radius 1 is 1.00 bits per heavy atom. The number of nitrogens with zero attached hydrogens (tertiary/aromatic N) is 1. The molecule has 0 saturated carbocycles. The van der Waals surface area contributed by atoms with E-state index in [0.717, 1.165) is 18.9 Å². The van der Waals surface area contributed by atoms with Gasteiger partial charge >= 0.3 is 0 Å². The van der Waals surface area contributed by atoms with Crippen LogP contribution >= 0.6 is 0 Å². The first-order chi connectivity index (χ1) is 16.3. The number of carbonyl (C=O) groups excluding carboxylic acids is 3. The topological polar surface area (TPSA) is 78.5 Å². The quantitative estimate of drug-likeness (QED) is 0.467. The number of nitrogens with one attached hydrogen (secondary N) is 2. The summed E-state index contributed by atoms with van der Waals surface area (Å²) >= 11 is 0. The van der Waals surface area contributed by atoms with Gasteiger partial charge in [0.15, 0.2) is 0 Å². The molecule has 0 heterocycles. The van der Waals surface area contributed by atoms with E-state index in [1.54, 1.807) is 42.4 Å². The van der Waals surface area contributed by atoms with Crippen LogP contribution in [-0.2, 0) is 11.2 Å². The molecule has 1 radical (unpaired) electrons. The molecule has 2 rings (SSSR count). The Bertz CT molecular complexity index is 957. The molecule has 2 amide bonds. The lowest BCUT2D eigenvalue weighted by atomic mass is 10.0. The molecule has 2 aromatic rings. The zero-order valence-corrected chi connectivity index (χ0v) is 19.9. The second-order valence-electron chi connectivity index (χ2n) is 8.27. The molecule has 0 aliphatic rings. The van der Waals surface area contributed by atoms with Crippen molar-refractivity contribution in [2.24, 2.45) is 0 Å². The average Bonchev–Trinajstić information content (AvgIpc) is 2.81. The molecule has 0 fully saturated rings. The summed E-state index contributed by atoms with van der Waals surface area (Å²) in [5.41, 5.74) is 1.08. The lowest BCUT2D eigenvalue weighted by Crippen LogP contribution is -2.46. The molecule has 0 aliphatic carbocycles. The molecule has 0 aromatic heterocycles. The molecular weight excluding hydrogens is 440 g/mol. The van der Waals surface area contributed by atoms with Gasteiger partial charge in [0.05, 0.1) is 6.04 Å². The maximum Gasteiger partial charge on any atom is 0.253 e. The van der Waals surface area contributed by atoms with Crippen LogP contribution in [0.15, 0.2) is 42.5 Å². The van der Waals surface area contributed by atoms with E-state index in [1.165, 1.54) is 12.1 Å². The summed E-state index contributed by atoms with van der Waals surface area (Å²) in [5, 5.41) is 5.77. The first-order valence-electron chi connectivity index (χ1n) is 11.5. The highest BCUT2D eigenvalue weighted by atomic mass is 19.1. The van der Waals surface area contributed by atoms with Crippen LogP contribution in [0, 0.1) is 11.6 Å². The molecule has 2 atom stereocenters. The van der Waals surface area contributed by atoms with Crippen molar-refractivity contribution in [1.29, 1.82) is 0 Å². The molecule has 0 unspecified atom stereocenters. The fraction of sp³-hybridized carbons (Fsp3) is 0.423. The highest BCUT2D eigenvalue weighted by Crippen LogP contribution is 2.13. The Labute approximate surface area is 199 Å². The highest BCUT2D eigenvalue weighted by molar-refractivity contribution is 5.99. The van der Waals surface area contributed by atoms with Gasteiger partial charge in [0.25, 0.3) is 11.8 Å². The minimum Gasteiger partial charge on any atom is -0.348 e. The fourth-order valence-electron chi connectivity index (χ4n) is 3.65. The number of hydrogen-bond acceptors (Lipinski definition) is 4. The predicted octanol–water partition coefficient (Wildman–Crippen LogP) is 3.66. The number of hydrogen-bond donors (Lipinski definition) is 2. The van der Waals surface area contributed by atoms with Gasteiger partial charge in [-0.15, -0.1) is 0 Å². The number of halogens is 2.